The minimum Gasteiger partial charge on any atom is -0.481 e. The fourth-order valence-corrected chi connectivity index (χ4v) is 3.63. The molecule has 182 valence electrons. The number of H-pyrrole nitrogens is 1. The molecule has 0 amide bonds. The number of carboxylic acids is 1. The third kappa shape index (κ3) is 5.08. The van der Waals surface area contributed by atoms with E-state index in [9.17, 15) is 23.1 Å². The summed E-state index contributed by atoms with van der Waals surface area (Å²) in [7, 11) is 0. The van der Waals surface area contributed by atoms with E-state index in [1.165, 1.54) is 26.0 Å². The molecule has 9 heteroatoms. The Morgan fingerprint density at radius 1 is 1.06 bits per heavy atom. The maximum Gasteiger partial charge on any atom is 0.416 e. The average Bonchev–Trinajstić information content (AvgIpc) is 3.28. The van der Waals surface area contributed by atoms with E-state index in [1.807, 2.05) is 18.2 Å². The van der Waals surface area contributed by atoms with E-state index in [-0.39, 0.29) is 0 Å². The first kappa shape index (κ1) is 24.1. The number of nitrogens with zero attached hydrogens (tertiary/aromatic N) is 1. The molecular formula is C26H23F3N2O4. The van der Waals surface area contributed by atoms with Gasteiger partial charge < -0.3 is 14.6 Å². The van der Waals surface area contributed by atoms with Crippen LogP contribution < -0.4 is 9.47 Å². The lowest BCUT2D eigenvalue weighted by Crippen LogP contribution is -2.38. The van der Waals surface area contributed by atoms with Crippen molar-refractivity contribution in [1.29, 1.82) is 0 Å². The lowest BCUT2D eigenvalue weighted by molar-refractivity contribution is -0.152. The van der Waals surface area contributed by atoms with Crippen molar-refractivity contribution in [3.8, 4) is 11.5 Å². The molecule has 0 saturated heterocycles. The molecule has 0 aliphatic heterocycles. The minimum atomic E-state index is -4.45. The van der Waals surface area contributed by atoms with Crippen LogP contribution in [0.4, 0.5) is 13.2 Å². The Hall–Kier alpha value is -4.01. The van der Waals surface area contributed by atoms with E-state index in [0.29, 0.717) is 33.7 Å². The summed E-state index contributed by atoms with van der Waals surface area (Å²) in [6.45, 7) is 4.65. The Labute approximate surface area is 199 Å². The van der Waals surface area contributed by atoms with E-state index in [1.54, 1.807) is 31.3 Å². The molecule has 0 aliphatic carbocycles. The summed E-state index contributed by atoms with van der Waals surface area (Å²) in [5, 5.41) is 17.2. The zero-order chi connectivity index (χ0) is 25.4. The number of rotatable bonds is 7. The highest BCUT2D eigenvalue weighted by Crippen LogP contribution is 2.36. The van der Waals surface area contributed by atoms with Crippen molar-refractivity contribution in [2.45, 2.75) is 38.7 Å². The number of aromatic nitrogens is 2. The molecule has 1 aromatic heterocycles. The van der Waals surface area contributed by atoms with Crippen LogP contribution in [0.3, 0.4) is 0 Å². The maximum atomic E-state index is 13.1. The Balaban J connectivity index is 1.72. The summed E-state index contributed by atoms with van der Waals surface area (Å²) < 4.78 is 51.3. The van der Waals surface area contributed by atoms with Gasteiger partial charge in [-0.15, -0.1) is 0 Å². The number of ether oxygens (including phenoxy) is 2. The molecule has 0 saturated carbocycles. The lowest BCUT2D eigenvalue weighted by Gasteiger charge is -2.24. The summed E-state index contributed by atoms with van der Waals surface area (Å²) >= 11 is 0. The monoisotopic (exact) mass is 484 g/mol. The third-order valence-corrected chi connectivity index (χ3v) is 5.61. The molecule has 4 rings (SSSR count). The van der Waals surface area contributed by atoms with Gasteiger partial charge in [-0.2, -0.15) is 18.3 Å². The number of aromatic amines is 1. The minimum absolute atomic E-state index is 0.381. The lowest BCUT2D eigenvalue weighted by atomic mass is 9.98. The summed E-state index contributed by atoms with van der Waals surface area (Å²) in [6, 6.07) is 15.3. The largest absolute Gasteiger partial charge is 0.481 e. The zero-order valence-corrected chi connectivity index (χ0v) is 19.2. The summed E-state index contributed by atoms with van der Waals surface area (Å²) in [6.07, 6.45) is -3.54. The number of fused-ring (bicyclic) bond motifs is 1. The molecule has 3 aromatic carbocycles. The van der Waals surface area contributed by atoms with Crippen molar-refractivity contribution in [2.75, 3.05) is 0 Å². The second-order valence-electron chi connectivity index (χ2n) is 8.64. The highest BCUT2D eigenvalue weighted by Gasteiger charge is 2.31. The number of hydrogen-bond acceptors (Lipinski definition) is 4. The topological polar surface area (TPSA) is 84.4 Å². The number of alkyl halides is 3. The molecule has 1 atom stereocenters. The van der Waals surface area contributed by atoms with Gasteiger partial charge in [0.2, 0.25) is 0 Å². The van der Waals surface area contributed by atoms with Gasteiger partial charge in [0.25, 0.3) is 0 Å². The number of hydrogen-bond donors (Lipinski definition) is 2. The molecule has 2 N–H and O–H groups in total. The Kier molecular flexibility index (Phi) is 6.19. The first-order valence-corrected chi connectivity index (χ1v) is 10.7. The number of benzene rings is 3. The normalized spacial score (nSPS) is 13.0. The number of para-hydroxylation sites is 1. The fourth-order valence-electron chi connectivity index (χ4n) is 3.63. The van der Waals surface area contributed by atoms with E-state index in [4.69, 9.17) is 9.47 Å². The molecule has 0 radical (unpaired) electrons. The molecule has 0 bridgehead atoms. The van der Waals surface area contributed by atoms with Crippen LogP contribution in [0, 0.1) is 6.92 Å². The SMILES string of the molecule is Cc1cc(OC(c2ccc(C(F)(F)F)cc2)c2cccc3cn[nH]c23)ccc1OC(C)(C)C(=O)O. The van der Waals surface area contributed by atoms with Crippen LogP contribution in [0.1, 0.15) is 42.2 Å². The Bertz CT molecular complexity index is 1360. The molecule has 1 heterocycles. The molecule has 1 unspecified atom stereocenters. The predicted octanol–water partition coefficient (Wildman–Crippen LogP) is 6.30. The first-order chi connectivity index (χ1) is 16.5. The van der Waals surface area contributed by atoms with E-state index >= 15 is 0 Å². The molecular weight excluding hydrogens is 461 g/mol. The Morgan fingerprint density at radius 2 is 1.77 bits per heavy atom. The van der Waals surface area contributed by atoms with Crippen LogP contribution in [-0.4, -0.2) is 26.9 Å². The molecule has 6 nitrogen and oxygen atoms in total. The number of aryl methyl sites for hydroxylation is 1. The van der Waals surface area contributed by atoms with Crippen molar-refractivity contribution >= 4 is 16.9 Å². The summed E-state index contributed by atoms with van der Waals surface area (Å²) in [5.74, 6) is -0.289. The third-order valence-electron chi connectivity index (χ3n) is 5.61. The molecule has 0 fully saturated rings. The van der Waals surface area contributed by atoms with Gasteiger partial charge in [0.15, 0.2) is 11.7 Å². The average molecular weight is 484 g/mol. The summed E-state index contributed by atoms with van der Waals surface area (Å²) in [4.78, 5) is 11.4. The number of carbonyl (C=O) groups is 1. The number of halogens is 3. The number of nitrogens with one attached hydrogen (secondary N) is 1. The van der Waals surface area contributed by atoms with Crippen LogP contribution in [0.15, 0.2) is 66.9 Å². The van der Waals surface area contributed by atoms with Gasteiger partial charge in [0.1, 0.15) is 11.5 Å². The standard InChI is InChI=1S/C26H23F3N2O4/c1-15-13-19(11-12-21(15)35-25(2,3)24(32)33)34-23(16-7-9-18(10-8-16)26(27,28)29)20-6-4-5-17-14-30-31-22(17)20/h4-14,23H,1-3H3,(H,30,31)(H,32,33). The van der Waals surface area contributed by atoms with E-state index < -0.39 is 29.4 Å². The van der Waals surface area contributed by atoms with Crippen molar-refractivity contribution < 1.29 is 32.5 Å². The maximum absolute atomic E-state index is 13.1. The smallest absolute Gasteiger partial charge is 0.416 e. The quantitative estimate of drug-likeness (QED) is 0.322. The van der Waals surface area contributed by atoms with Crippen LogP contribution in [-0.2, 0) is 11.0 Å². The zero-order valence-electron chi connectivity index (χ0n) is 19.2. The van der Waals surface area contributed by atoms with Crippen LogP contribution >= 0.6 is 0 Å². The fraction of sp³-hybridized carbons (Fsp3) is 0.231. The van der Waals surface area contributed by atoms with Crippen molar-refractivity contribution in [3.05, 3.63) is 89.1 Å². The first-order valence-electron chi connectivity index (χ1n) is 10.7. The van der Waals surface area contributed by atoms with Gasteiger partial charge in [-0.05, 0) is 62.2 Å². The molecule has 4 aromatic rings. The van der Waals surface area contributed by atoms with Gasteiger partial charge in [-0.25, -0.2) is 4.79 Å². The molecule has 0 aliphatic rings. The predicted molar refractivity (Wildman–Crippen MR) is 124 cm³/mol. The highest BCUT2D eigenvalue weighted by atomic mass is 19.4. The van der Waals surface area contributed by atoms with E-state index in [2.05, 4.69) is 10.2 Å². The van der Waals surface area contributed by atoms with Gasteiger partial charge in [0.05, 0.1) is 17.3 Å². The molecule has 35 heavy (non-hydrogen) atoms. The molecule has 0 spiro atoms. The van der Waals surface area contributed by atoms with Crippen molar-refractivity contribution in [2.24, 2.45) is 0 Å². The second kappa shape index (κ2) is 8.98. The van der Waals surface area contributed by atoms with Crippen molar-refractivity contribution in [3.63, 3.8) is 0 Å². The second-order valence-corrected chi connectivity index (χ2v) is 8.64. The number of carboxylic acid groups (broad SMARTS) is 1. The van der Waals surface area contributed by atoms with Crippen LogP contribution in [0.25, 0.3) is 10.9 Å². The van der Waals surface area contributed by atoms with Crippen LogP contribution in [0.2, 0.25) is 0 Å². The van der Waals surface area contributed by atoms with Gasteiger partial charge in [-0.3, -0.25) is 5.10 Å². The summed E-state index contributed by atoms with van der Waals surface area (Å²) in [5.41, 5.74) is 0.389. The highest BCUT2D eigenvalue weighted by molar-refractivity contribution is 5.82. The van der Waals surface area contributed by atoms with E-state index in [0.717, 1.165) is 17.5 Å². The van der Waals surface area contributed by atoms with Crippen LogP contribution in [0.5, 0.6) is 11.5 Å². The van der Waals surface area contributed by atoms with Gasteiger partial charge in [-0.1, -0.05) is 30.3 Å². The van der Waals surface area contributed by atoms with Gasteiger partial charge in [0, 0.05) is 10.9 Å². The Morgan fingerprint density at radius 3 is 2.40 bits per heavy atom. The number of aliphatic carboxylic acids is 1. The van der Waals surface area contributed by atoms with Crippen molar-refractivity contribution in [1.82, 2.24) is 10.2 Å². The van der Waals surface area contributed by atoms with Gasteiger partial charge >= 0.3 is 12.1 Å².